The number of nitro groups is 1. The number of nitrogens with one attached hydrogen (secondary N) is 2. The molecule has 0 fully saturated rings. The number of rotatable bonds is 7. The van der Waals surface area contributed by atoms with Gasteiger partial charge in [0.15, 0.2) is 0 Å². The van der Waals surface area contributed by atoms with Gasteiger partial charge in [0.25, 0.3) is 15.7 Å². The van der Waals surface area contributed by atoms with Crippen LogP contribution in [0.3, 0.4) is 0 Å². The average Bonchev–Trinajstić information content (AvgIpc) is 2.83. The van der Waals surface area contributed by atoms with Gasteiger partial charge >= 0.3 is 0 Å². The van der Waals surface area contributed by atoms with Gasteiger partial charge in [0.2, 0.25) is 0 Å². The molecule has 10 heteroatoms. The lowest BCUT2D eigenvalue weighted by Gasteiger charge is -2.10. The summed E-state index contributed by atoms with van der Waals surface area (Å²) in [7, 11) is -4.06. The van der Waals surface area contributed by atoms with Crippen LogP contribution in [0, 0.1) is 10.1 Å². The van der Waals surface area contributed by atoms with Gasteiger partial charge in [-0.05, 0) is 54.1 Å². The largest absolute Gasteiger partial charge is 0.295 e. The number of hydrogen-bond donors (Lipinski definition) is 2. The van der Waals surface area contributed by atoms with Crippen LogP contribution in [0.2, 0.25) is 5.02 Å². The summed E-state index contributed by atoms with van der Waals surface area (Å²) in [4.78, 5) is 10.8. The van der Waals surface area contributed by atoms with Gasteiger partial charge in [-0.15, -0.1) is 0 Å². The summed E-state index contributed by atoms with van der Waals surface area (Å²) >= 11 is 5.82. The van der Waals surface area contributed by atoms with E-state index in [-0.39, 0.29) is 16.3 Å². The molecule has 0 aliphatic carbocycles. The molecule has 0 aliphatic rings. The summed E-state index contributed by atoms with van der Waals surface area (Å²) in [6.45, 7) is 1.79. The molecule has 0 unspecified atom stereocenters. The highest BCUT2D eigenvalue weighted by Gasteiger charge is 2.22. The van der Waals surface area contributed by atoms with Crippen LogP contribution in [0.15, 0.2) is 94.9 Å². The molecule has 4 rings (SSSR count). The Morgan fingerprint density at radius 2 is 1.68 bits per heavy atom. The molecular weight excluding hydrogens is 476 g/mol. The molecule has 0 bridgehead atoms. The van der Waals surface area contributed by atoms with Crippen molar-refractivity contribution in [1.29, 1.82) is 0 Å². The topological polar surface area (TPSA) is 114 Å². The Morgan fingerprint density at radius 3 is 2.41 bits per heavy atom. The quantitative estimate of drug-likeness (QED) is 0.185. The van der Waals surface area contributed by atoms with E-state index in [4.69, 9.17) is 11.6 Å². The van der Waals surface area contributed by atoms with Crippen molar-refractivity contribution >= 4 is 55.2 Å². The Morgan fingerprint density at radius 1 is 0.971 bits per heavy atom. The highest BCUT2D eigenvalue weighted by atomic mass is 35.5. The maximum absolute atomic E-state index is 12.7. The van der Waals surface area contributed by atoms with Gasteiger partial charge in [-0.1, -0.05) is 54.1 Å². The zero-order chi connectivity index (χ0) is 24.3. The monoisotopic (exact) mass is 494 g/mol. The van der Waals surface area contributed by atoms with E-state index in [9.17, 15) is 18.5 Å². The minimum absolute atomic E-state index is 0.0648. The third-order valence-electron chi connectivity index (χ3n) is 5.10. The summed E-state index contributed by atoms with van der Waals surface area (Å²) in [5.41, 5.74) is 4.13. The summed E-state index contributed by atoms with van der Waals surface area (Å²) in [5, 5.41) is 18.5. The predicted octanol–water partition coefficient (Wildman–Crippen LogP) is 6.04. The number of sulfonamides is 1. The smallest absolute Gasteiger partial charge is 0.280 e. The van der Waals surface area contributed by atoms with Gasteiger partial charge in [-0.2, -0.15) is 5.10 Å². The first-order valence-corrected chi connectivity index (χ1v) is 12.0. The molecule has 0 atom stereocenters. The maximum atomic E-state index is 12.7. The van der Waals surface area contributed by atoms with Crippen molar-refractivity contribution in [3.8, 4) is 0 Å². The Kier molecular flexibility index (Phi) is 6.49. The number of nitrogens with zero attached hydrogens (tertiary/aromatic N) is 2. The molecule has 4 aromatic rings. The number of nitro benzene ring substituents is 1. The van der Waals surface area contributed by atoms with E-state index < -0.39 is 20.6 Å². The number of benzene rings is 4. The highest BCUT2D eigenvalue weighted by molar-refractivity contribution is 7.92. The number of anilines is 2. The van der Waals surface area contributed by atoms with Crippen molar-refractivity contribution in [2.45, 2.75) is 11.8 Å². The highest BCUT2D eigenvalue weighted by Crippen LogP contribution is 2.29. The molecule has 0 saturated heterocycles. The second-order valence-corrected chi connectivity index (χ2v) is 9.50. The maximum Gasteiger partial charge on any atom is 0.295 e. The summed E-state index contributed by atoms with van der Waals surface area (Å²) < 4.78 is 27.8. The number of hydrazone groups is 1. The van der Waals surface area contributed by atoms with E-state index >= 15 is 0 Å². The van der Waals surface area contributed by atoms with Crippen molar-refractivity contribution in [3.05, 3.63) is 106 Å². The lowest BCUT2D eigenvalue weighted by atomic mass is 10.0. The van der Waals surface area contributed by atoms with Crippen LogP contribution in [-0.4, -0.2) is 19.1 Å². The van der Waals surface area contributed by atoms with Crippen LogP contribution in [0.4, 0.5) is 17.1 Å². The van der Waals surface area contributed by atoms with Gasteiger partial charge in [0, 0.05) is 22.3 Å². The fourth-order valence-corrected chi connectivity index (χ4v) is 4.61. The third kappa shape index (κ3) is 5.00. The van der Waals surface area contributed by atoms with Crippen LogP contribution in [0.5, 0.6) is 0 Å². The molecule has 8 nitrogen and oxygen atoms in total. The molecule has 4 aromatic carbocycles. The fraction of sp³-hybridized carbons (Fsp3) is 0.0417. The normalized spacial score (nSPS) is 11.9. The van der Waals surface area contributed by atoms with Crippen molar-refractivity contribution in [2.24, 2.45) is 5.10 Å². The SMILES string of the molecule is C/C(=N/Nc1ccc(S(=O)(=O)Nc2ccc(Cl)cc2)cc1[N+](=O)[O-])c1cccc2ccccc12. The van der Waals surface area contributed by atoms with E-state index in [1.807, 2.05) is 42.5 Å². The van der Waals surface area contributed by atoms with Crippen molar-refractivity contribution < 1.29 is 13.3 Å². The lowest BCUT2D eigenvalue weighted by Crippen LogP contribution is -2.13. The minimum Gasteiger partial charge on any atom is -0.280 e. The Bertz CT molecular complexity index is 1510. The van der Waals surface area contributed by atoms with E-state index in [2.05, 4.69) is 15.2 Å². The van der Waals surface area contributed by atoms with Gasteiger partial charge in [-0.3, -0.25) is 20.3 Å². The third-order valence-corrected chi connectivity index (χ3v) is 6.73. The molecular formula is C24H19ClN4O4S. The average molecular weight is 495 g/mol. The molecule has 0 heterocycles. The minimum atomic E-state index is -4.06. The van der Waals surface area contributed by atoms with Crippen LogP contribution in [0.1, 0.15) is 12.5 Å². The van der Waals surface area contributed by atoms with Crippen molar-refractivity contribution in [2.75, 3.05) is 10.1 Å². The van der Waals surface area contributed by atoms with Crippen molar-refractivity contribution in [3.63, 3.8) is 0 Å². The Balaban J connectivity index is 1.63. The van der Waals surface area contributed by atoms with Crippen LogP contribution >= 0.6 is 11.6 Å². The summed E-state index contributed by atoms with van der Waals surface area (Å²) in [6.07, 6.45) is 0. The first-order chi connectivity index (χ1) is 16.2. The molecule has 0 aliphatic heterocycles. The molecule has 0 saturated carbocycles. The van der Waals surface area contributed by atoms with Gasteiger partial charge in [0.05, 0.1) is 15.5 Å². The Labute approximate surface area is 201 Å². The molecule has 2 N–H and O–H groups in total. The first kappa shape index (κ1) is 23.2. The second-order valence-electron chi connectivity index (χ2n) is 7.38. The number of halogens is 1. The van der Waals surface area contributed by atoms with Crippen LogP contribution in [0.25, 0.3) is 10.8 Å². The van der Waals surface area contributed by atoms with E-state index in [1.54, 1.807) is 6.92 Å². The molecule has 0 radical (unpaired) electrons. The van der Waals surface area contributed by atoms with Gasteiger partial charge in [0.1, 0.15) is 5.69 Å². The fourth-order valence-electron chi connectivity index (χ4n) is 3.40. The zero-order valence-electron chi connectivity index (χ0n) is 17.9. The van der Waals surface area contributed by atoms with E-state index in [0.717, 1.165) is 22.4 Å². The molecule has 0 spiro atoms. The lowest BCUT2D eigenvalue weighted by molar-refractivity contribution is -0.384. The molecule has 34 heavy (non-hydrogen) atoms. The molecule has 172 valence electrons. The zero-order valence-corrected chi connectivity index (χ0v) is 19.5. The first-order valence-electron chi connectivity index (χ1n) is 10.1. The Hall–Kier alpha value is -3.95. The predicted molar refractivity (Wildman–Crippen MR) is 135 cm³/mol. The summed E-state index contributed by atoms with van der Waals surface area (Å²) in [6, 6.07) is 23.3. The second kappa shape index (κ2) is 9.50. The van der Waals surface area contributed by atoms with E-state index in [0.29, 0.717) is 10.7 Å². The van der Waals surface area contributed by atoms with Crippen LogP contribution in [-0.2, 0) is 10.0 Å². The summed E-state index contributed by atoms with van der Waals surface area (Å²) in [5.74, 6) is 0. The van der Waals surface area contributed by atoms with E-state index in [1.165, 1.54) is 36.4 Å². The number of hydrogen-bond acceptors (Lipinski definition) is 6. The van der Waals surface area contributed by atoms with Gasteiger partial charge in [-0.25, -0.2) is 8.42 Å². The standard InChI is InChI=1S/C24H19ClN4O4S/c1-16(21-8-4-6-17-5-2-3-7-22(17)21)26-27-23-14-13-20(15-24(23)29(30)31)34(32,33)28-19-11-9-18(25)10-12-19/h2-15,27-28H,1H3/b26-16-. The van der Waals surface area contributed by atoms with Crippen molar-refractivity contribution in [1.82, 2.24) is 0 Å². The van der Waals surface area contributed by atoms with Crippen LogP contribution < -0.4 is 10.1 Å². The molecule has 0 aromatic heterocycles. The number of fused-ring (bicyclic) bond motifs is 1. The molecule has 0 amide bonds. The van der Waals surface area contributed by atoms with Gasteiger partial charge < -0.3 is 0 Å².